The molecule has 0 saturated heterocycles. The summed E-state index contributed by atoms with van der Waals surface area (Å²) in [5.41, 5.74) is -0.149. The van der Waals surface area contributed by atoms with Crippen molar-refractivity contribution in [2.45, 2.75) is 102 Å². The van der Waals surface area contributed by atoms with Crippen molar-refractivity contribution in [3.05, 3.63) is 27.9 Å². The van der Waals surface area contributed by atoms with E-state index in [0.29, 0.717) is 11.7 Å². The van der Waals surface area contributed by atoms with Crippen LogP contribution in [0.3, 0.4) is 0 Å². The molecule has 2 aliphatic rings. The number of hydrogen-bond donors (Lipinski definition) is 2. The topological polar surface area (TPSA) is 74.8 Å². The second-order valence-electron chi connectivity index (χ2n) is 8.49. The van der Waals surface area contributed by atoms with Gasteiger partial charge in [-0.1, -0.05) is 57.8 Å². The number of aromatic nitrogens is 2. The number of nitrogens with zero attached hydrogens (tertiary/aromatic N) is 1. The average molecular weight is 360 g/mol. The second-order valence-corrected chi connectivity index (χ2v) is 8.49. The van der Waals surface area contributed by atoms with Crippen LogP contribution in [0.4, 0.5) is 0 Å². The molecule has 0 unspecified atom stereocenters. The van der Waals surface area contributed by atoms with Crippen molar-refractivity contribution in [2.24, 2.45) is 0 Å². The lowest BCUT2D eigenvalue weighted by molar-refractivity contribution is 0.0886. The van der Waals surface area contributed by atoms with Crippen molar-refractivity contribution < 1.29 is 4.79 Å². The van der Waals surface area contributed by atoms with Crippen molar-refractivity contribution >= 4 is 5.91 Å². The van der Waals surface area contributed by atoms with Crippen LogP contribution in [0.5, 0.6) is 0 Å². The van der Waals surface area contributed by atoms with E-state index in [9.17, 15) is 9.59 Å². The summed E-state index contributed by atoms with van der Waals surface area (Å²) in [6, 6.07) is 1.34. The number of aromatic amines is 1. The Hall–Kier alpha value is -1.65. The number of H-pyrrole nitrogens is 1. The first kappa shape index (κ1) is 19.1. The van der Waals surface area contributed by atoms with Crippen molar-refractivity contribution in [2.75, 3.05) is 0 Å². The molecule has 0 aromatic carbocycles. The van der Waals surface area contributed by atoms with Crippen molar-refractivity contribution in [1.29, 1.82) is 0 Å². The molecule has 5 nitrogen and oxygen atoms in total. The van der Waals surface area contributed by atoms with E-state index in [2.05, 4.69) is 22.2 Å². The van der Waals surface area contributed by atoms with Gasteiger partial charge >= 0.3 is 0 Å². The highest BCUT2D eigenvalue weighted by atomic mass is 16.2. The molecular weight excluding hydrogens is 326 g/mol. The lowest BCUT2D eigenvalue weighted by atomic mass is 9.86. The summed E-state index contributed by atoms with van der Waals surface area (Å²) in [6.45, 7) is 2.15. The molecule has 3 rings (SSSR count). The molecule has 1 aromatic heterocycles. The Morgan fingerprint density at radius 3 is 2.23 bits per heavy atom. The van der Waals surface area contributed by atoms with E-state index >= 15 is 0 Å². The first-order chi connectivity index (χ1) is 12.6. The van der Waals surface area contributed by atoms with Gasteiger partial charge in [0.05, 0.1) is 0 Å². The molecule has 2 aliphatic carbocycles. The average Bonchev–Trinajstić information content (AvgIpc) is 3.15. The van der Waals surface area contributed by atoms with Gasteiger partial charge in [-0.25, -0.2) is 4.98 Å². The lowest BCUT2D eigenvalue weighted by Crippen LogP contribution is -2.46. The van der Waals surface area contributed by atoms with Crippen LogP contribution in [0.1, 0.15) is 113 Å². The number of carbonyl (C=O) groups is 1. The third-order valence-corrected chi connectivity index (χ3v) is 6.11. The summed E-state index contributed by atoms with van der Waals surface area (Å²) in [7, 11) is 0. The summed E-state index contributed by atoms with van der Waals surface area (Å²) >= 11 is 0. The fourth-order valence-electron chi connectivity index (χ4n) is 4.49. The number of nitrogens with one attached hydrogen (secondary N) is 2. The van der Waals surface area contributed by atoms with E-state index in [1.165, 1.54) is 51.0 Å². The molecule has 2 fully saturated rings. The standard InChI is InChI=1S/C21H33N3O2/c1-21(13-9-5-3-2-4-6-10-14-21)24-20(26)17-15-18(25)23-19(22-17)16-11-7-8-12-16/h15-16H,2-14H2,1H3,(H,24,26)(H,22,23,25). The Kier molecular flexibility index (Phi) is 6.49. The van der Waals surface area contributed by atoms with Crippen LogP contribution >= 0.6 is 0 Å². The Morgan fingerprint density at radius 2 is 1.62 bits per heavy atom. The maximum Gasteiger partial charge on any atom is 0.270 e. The maximum absolute atomic E-state index is 12.9. The monoisotopic (exact) mass is 359 g/mol. The molecule has 144 valence electrons. The molecule has 1 amide bonds. The van der Waals surface area contributed by atoms with Crippen molar-refractivity contribution in [1.82, 2.24) is 15.3 Å². The highest BCUT2D eigenvalue weighted by molar-refractivity contribution is 5.92. The number of carbonyl (C=O) groups excluding carboxylic acids is 1. The zero-order valence-corrected chi connectivity index (χ0v) is 16.1. The molecule has 1 heterocycles. The minimum Gasteiger partial charge on any atom is -0.346 e. The highest BCUT2D eigenvalue weighted by Gasteiger charge is 2.28. The van der Waals surface area contributed by atoms with Gasteiger partial charge < -0.3 is 10.3 Å². The summed E-state index contributed by atoms with van der Waals surface area (Å²) in [4.78, 5) is 32.3. The van der Waals surface area contributed by atoms with E-state index in [4.69, 9.17) is 0 Å². The SMILES string of the molecule is CC1(NC(=O)c2cc(=O)[nH]c(C3CCCC3)n2)CCCCCCCCC1. The number of rotatable bonds is 3. The van der Waals surface area contributed by atoms with Crippen LogP contribution in [-0.2, 0) is 0 Å². The van der Waals surface area contributed by atoms with Crippen LogP contribution in [0.15, 0.2) is 10.9 Å². The predicted molar refractivity (Wildman–Crippen MR) is 103 cm³/mol. The van der Waals surface area contributed by atoms with Gasteiger partial charge in [-0.3, -0.25) is 9.59 Å². The third-order valence-electron chi connectivity index (χ3n) is 6.11. The summed E-state index contributed by atoms with van der Waals surface area (Å²) in [5, 5.41) is 3.22. The summed E-state index contributed by atoms with van der Waals surface area (Å²) < 4.78 is 0. The first-order valence-electron chi connectivity index (χ1n) is 10.5. The first-order valence-corrected chi connectivity index (χ1v) is 10.5. The molecule has 0 aliphatic heterocycles. The molecule has 5 heteroatoms. The van der Waals surface area contributed by atoms with Gasteiger partial charge in [0.15, 0.2) is 0 Å². The highest BCUT2D eigenvalue weighted by Crippen LogP contribution is 2.31. The van der Waals surface area contributed by atoms with Crippen molar-refractivity contribution in [3.63, 3.8) is 0 Å². The molecular formula is C21H33N3O2. The Labute approximate surface area is 156 Å². The minimum absolute atomic E-state index is 0.199. The van der Waals surface area contributed by atoms with Gasteiger partial charge in [-0.05, 0) is 32.6 Å². The van der Waals surface area contributed by atoms with Gasteiger partial charge in [-0.15, -0.1) is 0 Å². The lowest BCUT2D eigenvalue weighted by Gasteiger charge is -2.32. The third kappa shape index (κ3) is 5.18. The smallest absolute Gasteiger partial charge is 0.270 e. The van der Waals surface area contributed by atoms with Crippen LogP contribution in [0.25, 0.3) is 0 Å². The summed E-state index contributed by atoms with van der Waals surface area (Å²) in [5.74, 6) is 0.783. The second kappa shape index (κ2) is 8.83. The van der Waals surface area contributed by atoms with E-state index in [1.54, 1.807) is 0 Å². The van der Waals surface area contributed by atoms with Crippen molar-refractivity contribution in [3.8, 4) is 0 Å². The fraction of sp³-hybridized carbons (Fsp3) is 0.762. The van der Waals surface area contributed by atoms with Crippen LogP contribution < -0.4 is 10.9 Å². The fourth-order valence-corrected chi connectivity index (χ4v) is 4.49. The van der Waals surface area contributed by atoms with E-state index < -0.39 is 0 Å². The van der Waals surface area contributed by atoms with E-state index in [1.807, 2.05) is 0 Å². The molecule has 0 bridgehead atoms. The zero-order valence-electron chi connectivity index (χ0n) is 16.1. The normalized spacial score (nSPS) is 22.0. The molecule has 0 radical (unpaired) electrons. The predicted octanol–water partition coefficient (Wildman–Crippen LogP) is 4.44. The molecule has 2 N–H and O–H groups in total. The maximum atomic E-state index is 12.9. The van der Waals surface area contributed by atoms with E-state index in [-0.39, 0.29) is 22.7 Å². The Balaban J connectivity index is 1.72. The quantitative estimate of drug-likeness (QED) is 0.838. The minimum atomic E-state index is -0.219. The molecule has 0 atom stereocenters. The Morgan fingerprint density at radius 1 is 1.04 bits per heavy atom. The van der Waals surface area contributed by atoms with Gasteiger partial charge in [0.1, 0.15) is 11.5 Å². The van der Waals surface area contributed by atoms with E-state index in [0.717, 1.165) is 38.5 Å². The molecule has 1 aromatic rings. The summed E-state index contributed by atoms with van der Waals surface area (Å²) in [6.07, 6.45) is 15.1. The van der Waals surface area contributed by atoms with Gasteiger partial charge in [0.25, 0.3) is 11.5 Å². The number of hydrogen-bond acceptors (Lipinski definition) is 3. The Bertz CT molecular complexity index is 651. The van der Waals surface area contributed by atoms with Crippen LogP contribution in [0.2, 0.25) is 0 Å². The number of amides is 1. The van der Waals surface area contributed by atoms with Gasteiger partial charge in [0, 0.05) is 17.5 Å². The molecule has 0 spiro atoms. The van der Waals surface area contributed by atoms with Crippen LogP contribution in [0, 0.1) is 0 Å². The van der Waals surface area contributed by atoms with Gasteiger partial charge in [-0.2, -0.15) is 0 Å². The van der Waals surface area contributed by atoms with Crippen LogP contribution in [-0.4, -0.2) is 21.4 Å². The van der Waals surface area contributed by atoms with Gasteiger partial charge in [0.2, 0.25) is 0 Å². The largest absolute Gasteiger partial charge is 0.346 e. The zero-order chi connectivity index (χ0) is 18.4. The molecule has 26 heavy (non-hydrogen) atoms. The molecule has 2 saturated carbocycles.